The molecule has 0 heterocycles. The van der Waals surface area contributed by atoms with E-state index < -0.39 is 0 Å². The quantitative estimate of drug-likeness (QED) is 0.601. The SMILES string of the molecule is C=C(CS)CN(C)C(C)Cc1ccccc1OC. The molecule has 0 N–H and O–H groups in total. The second-order valence-corrected chi connectivity index (χ2v) is 5.00. The van der Waals surface area contributed by atoms with Crippen molar-refractivity contribution < 1.29 is 4.74 Å². The van der Waals surface area contributed by atoms with Crippen LogP contribution in [-0.4, -0.2) is 37.4 Å². The first-order valence-corrected chi connectivity index (χ1v) is 6.81. The number of para-hydroxylation sites is 1. The van der Waals surface area contributed by atoms with E-state index in [1.54, 1.807) is 7.11 Å². The zero-order valence-corrected chi connectivity index (χ0v) is 12.4. The van der Waals surface area contributed by atoms with Crippen LogP contribution >= 0.6 is 12.6 Å². The Morgan fingerprint density at radius 1 is 1.44 bits per heavy atom. The monoisotopic (exact) mass is 265 g/mol. The zero-order valence-electron chi connectivity index (χ0n) is 11.5. The van der Waals surface area contributed by atoms with Crippen molar-refractivity contribution >= 4 is 12.6 Å². The average molecular weight is 265 g/mol. The molecule has 3 heteroatoms. The van der Waals surface area contributed by atoms with Gasteiger partial charge in [0.2, 0.25) is 0 Å². The van der Waals surface area contributed by atoms with Gasteiger partial charge in [-0.05, 0) is 32.0 Å². The summed E-state index contributed by atoms with van der Waals surface area (Å²) in [5, 5.41) is 0. The highest BCUT2D eigenvalue weighted by atomic mass is 32.1. The lowest BCUT2D eigenvalue weighted by Gasteiger charge is -2.25. The molecule has 100 valence electrons. The van der Waals surface area contributed by atoms with E-state index in [-0.39, 0.29) is 0 Å². The van der Waals surface area contributed by atoms with Gasteiger partial charge in [0.15, 0.2) is 0 Å². The Morgan fingerprint density at radius 3 is 2.72 bits per heavy atom. The van der Waals surface area contributed by atoms with Gasteiger partial charge in [-0.15, -0.1) is 0 Å². The lowest BCUT2D eigenvalue weighted by atomic mass is 10.0. The summed E-state index contributed by atoms with van der Waals surface area (Å²) in [6.07, 6.45) is 0.973. The minimum Gasteiger partial charge on any atom is -0.496 e. The van der Waals surface area contributed by atoms with Crippen LogP contribution in [0.25, 0.3) is 0 Å². The number of ether oxygens (including phenoxy) is 1. The van der Waals surface area contributed by atoms with Crippen molar-refractivity contribution in [3.63, 3.8) is 0 Å². The van der Waals surface area contributed by atoms with E-state index in [4.69, 9.17) is 4.74 Å². The van der Waals surface area contributed by atoms with Crippen LogP contribution in [0.3, 0.4) is 0 Å². The Morgan fingerprint density at radius 2 is 2.11 bits per heavy atom. The molecule has 0 aliphatic heterocycles. The Bertz CT molecular complexity index is 392. The Hall–Kier alpha value is -0.930. The summed E-state index contributed by atoms with van der Waals surface area (Å²) in [4.78, 5) is 2.30. The van der Waals surface area contributed by atoms with Crippen molar-refractivity contribution in [1.82, 2.24) is 4.90 Å². The van der Waals surface area contributed by atoms with Crippen molar-refractivity contribution in [3.05, 3.63) is 42.0 Å². The minimum atomic E-state index is 0.443. The van der Waals surface area contributed by atoms with E-state index in [0.29, 0.717) is 6.04 Å². The number of likely N-dealkylation sites (N-methyl/N-ethyl adjacent to an activating group) is 1. The maximum Gasteiger partial charge on any atom is 0.122 e. The molecule has 0 bridgehead atoms. The summed E-state index contributed by atoms with van der Waals surface area (Å²) in [5.74, 6) is 1.71. The predicted molar refractivity (Wildman–Crippen MR) is 81.8 cm³/mol. The highest BCUT2D eigenvalue weighted by molar-refractivity contribution is 7.80. The van der Waals surface area contributed by atoms with Gasteiger partial charge in [0.1, 0.15) is 5.75 Å². The van der Waals surface area contributed by atoms with Gasteiger partial charge in [0.05, 0.1) is 7.11 Å². The fraction of sp³-hybridized carbons (Fsp3) is 0.467. The summed E-state index contributed by atoms with van der Waals surface area (Å²) in [5.41, 5.74) is 2.39. The average Bonchev–Trinajstić information content (AvgIpc) is 2.39. The standard InChI is InChI=1S/C15H23NOS/c1-12(11-18)10-16(3)13(2)9-14-7-5-6-8-15(14)17-4/h5-8,13,18H,1,9-11H2,2-4H3. The molecule has 0 saturated heterocycles. The van der Waals surface area contributed by atoms with Crippen LogP contribution < -0.4 is 4.74 Å². The van der Waals surface area contributed by atoms with E-state index in [0.717, 1.165) is 30.0 Å². The van der Waals surface area contributed by atoms with Gasteiger partial charge in [0, 0.05) is 18.3 Å². The third kappa shape index (κ3) is 4.39. The maximum atomic E-state index is 5.38. The van der Waals surface area contributed by atoms with Crippen LogP contribution in [0, 0.1) is 0 Å². The normalized spacial score (nSPS) is 12.5. The molecular formula is C15H23NOS. The molecule has 0 aromatic heterocycles. The molecular weight excluding hydrogens is 242 g/mol. The second kappa shape index (κ2) is 7.49. The molecule has 1 atom stereocenters. The molecule has 0 fully saturated rings. The van der Waals surface area contributed by atoms with Gasteiger partial charge < -0.3 is 4.74 Å². The molecule has 0 radical (unpaired) electrons. The first-order chi connectivity index (χ1) is 8.58. The van der Waals surface area contributed by atoms with Gasteiger partial charge >= 0.3 is 0 Å². The molecule has 1 rings (SSSR count). The van der Waals surface area contributed by atoms with Crippen LogP contribution in [0.5, 0.6) is 5.75 Å². The van der Waals surface area contributed by atoms with Crippen LogP contribution in [-0.2, 0) is 6.42 Å². The highest BCUT2D eigenvalue weighted by Crippen LogP contribution is 2.20. The highest BCUT2D eigenvalue weighted by Gasteiger charge is 2.12. The van der Waals surface area contributed by atoms with Crippen LogP contribution in [0.15, 0.2) is 36.4 Å². The molecule has 2 nitrogen and oxygen atoms in total. The lowest BCUT2D eigenvalue weighted by molar-refractivity contribution is 0.275. The van der Waals surface area contributed by atoms with E-state index in [1.807, 2.05) is 12.1 Å². The molecule has 1 aromatic rings. The topological polar surface area (TPSA) is 12.5 Å². The number of hydrogen-bond donors (Lipinski definition) is 1. The van der Waals surface area contributed by atoms with E-state index in [1.165, 1.54) is 5.56 Å². The number of methoxy groups -OCH3 is 1. The van der Waals surface area contributed by atoms with Gasteiger partial charge in [-0.2, -0.15) is 12.6 Å². The summed E-state index contributed by atoms with van der Waals surface area (Å²) in [6.45, 7) is 7.10. The van der Waals surface area contributed by atoms with Crippen LogP contribution in [0.4, 0.5) is 0 Å². The predicted octanol–water partition coefficient (Wildman–Crippen LogP) is 3.04. The summed E-state index contributed by atoms with van der Waals surface area (Å²) in [7, 11) is 3.84. The summed E-state index contributed by atoms with van der Waals surface area (Å²) >= 11 is 4.24. The first kappa shape index (κ1) is 15.1. The van der Waals surface area contributed by atoms with Crippen molar-refractivity contribution in [2.75, 3.05) is 26.5 Å². The van der Waals surface area contributed by atoms with Gasteiger partial charge in [0.25, 0.3) is 0 Å². The van der Waals surface area contributed by atoms with Crippen molar-refractivity contribution in [2.45, 2.75) is 19.4 Å². The molecule has 0 aliphatic rings. The molecule has 1 aromatic carbocycles. The number of thiol groups is 1. The van der Waals surface area contributed by atoms with Gasteiger partial charge in [-0.3, -0.25) is 4.90 Å². The number of rotatable bonds is 7. The largest absolute Gasteiger partial charge is 0.496 e. The van der Waals surface area contributed by atoms with E-state index in [2.05, 4.69) is 50.2 Å². The van der Waals surface area contributed by atoms with Gasteiger partial charge in [-0.1, -0.05) is 30.4 Å². The van der Waals surface area contributed by atoms with E-state index in [9.17, 15) is 0 Å². The summed E-state index contributed by atoms with van der Waals surface area (Å²) < 4.78 is 5.38. The number of hydrogen-bond acceptors (Lipinski definition) is 3. The second-order valence-electron chi connectivity index (χ2n) is 4.69. The molecule has 0 spiro atoms. The minimum absolute atomic E-state index is 0.443. The molecule has 0 aliphatic carbocycles. The van der Waals surface area contributed by atoms with Crippen LogP contribution in [0.2, 0.25) is 0 Å². The number of benzene rings is 1. The Labute approximate surface area is 116 Å². The van der Waals surface area contributed by atoms with Crippen molar-refractivity contribution in [3.8, 4) is 5.75 Å². The van der Waals surface area contributed by atoms with Gasteiger partial charge in [-0.25, -0.2) is 0 Å². The smallest absolute Gasteiger partial charge is 0.122 e. The van der Waals surface area contributed by atoms with Crippen molar-refractivity contribution in [2.24, 2.45) is 0 Å². The lowest BCUT2D eigenvalue weighted by Crippen LogP contribution is -2.32. The van der Waals surface area contributed by atoms with E-state index >= 15 is 0 Å². The molecule has 18 heavy (non-hydrogen) atoms. The van der Waals surface area contributed by atoms with Crippen LogP contribution in [0.1, 0.15) is 12.5 Å². The number of nitrogens with zero attached hydrogens (tertiary/aromatic N) is 1. The third-order valence-corrected chi connectivity index (χ3v) is 3.60. The maximum absolute atomic E-state index is 5.38. The Kier molecular flexibility index (Phi) is 6.30. The van der Waals surface area contributed by atoms with Crippen molar-refractivity contribution in [1.29, 1.82) is 0 Å². The Balaban J connectivity index is 2.63. The molecule has 0 amide bonds. The zero-order chi connectivity index (χ0) is 13.5. The fourth-order valence-electron chi connectivity index (χ4n) is 1.90. The fourth-order valence-corrected chi connectivity index (χ4v) is 2.00. The first-order valence-electron chi connectivity index (χ1n) is 6.18. The third-order valence-electron chi connectivity index (χ3n) is 3.16. The molecule has 1 unspecified atom stereocenters. The molecule has 0 saturated carbocycles. The summed E-state index contributed by atoms with van der Waals surface area (Å²) in [6, 6.07) is 8.63.